The molecule has 0 aliphatic heterocycles. The summed E-state index contributed by atoms with van der Waals surface area (Å²) in [7, 11) is 0. The molecule has 3 aliphatic carbocycles. The third-order valence-corrected chi connectivity index (χ3v) is 4.73. The predicted molar refractivity (Wildman–Crippen MR) is 52.7 cm³/mol. The Morgan fingerprint density at radius 3 is 3.14 bits per heavy atom. The molecule has 2 heteroatoms. The van der Waals surface area contributed by atoms with Crippen LogP contribution in [0.3, 0.4) is 0 Å². The number of aliphatic hydroxyl groups is 1. The van der Waals surface area contributed by atoms with Gasteiger partial charge in [0.25, 0.3) is 0 Å². The highest BCUT2D eigenvalue weighted by molar-refractivity contribution is 5.94. The van der Waals surface area contributed by atoms with Gasteiger partial charge in [-0.05, 0) is 37.7 Å². The Morgan fingerprint density at radius 1 is 1.57 bits per heavy atom. The molecule has 76 valence electrons. The van der Waals surface area contributed by atoms with E-state index in [4.69, 9.17) is 0 Å². The van der Waals surface area contributed by atoms with Crippen LogP contribution in [-0.2, 0) is 4.79 Å². The average molecular weight is 192 g/mol. The van der Waals surface area contributed by atoms with Gasteiger partial charge in [0.2, 0.25) is 0 Å². The van der Waals surface area contributed by atoms with Gasteiger partial charge < -0.3 is 5.11 Å². The number of ketones is 1. The first kappa shape index (κ1) is 8.66. The van der Waals surface area contributed by atoms with Crippen LogP contribution >= 0.6 is 0 Å². The number of carbonyl (C=O) groups is 1. The van der Waals surface area contributed by atoms with Gasteiger partial charge in [-0.3, -0.25) is 4.79 Å². The number of carbonyl (C=O) groups excluding carboxylic acids is 1. The Bertz CT molecular complexity index is 331. The van der Waals surface area contributed by atoms with Crippen LogP contribution in [0.25, 0.3) is 0 Å². The number of rotatable bonds is 0. The average Bonchev–Trinajstić information content (AvgIpc) is 2.61. The quantitative estimate of drug-likeness (QED) is 0.634. The van der Waals surface area contributed by atoms with E-state index < -0.39 is 0 Å². The van der Waals surface area contributed by atoms with E-state index in [1.54, 1.807) is 0 Å². The molecule has 0 aromatic rings. The van der Waals surface area contributed by atoms with Crippen LogP contribution < -0.4 is 0 Å². The highest BCUT2D eigenvalue weighted by Gasteiger charge is 2.58. The van der Waals surface area contributed by atoms with Crippen molar-refractivity contribution >= 4 is 5.78 Å². The lowest BCUT2D eigenvalue weighted by atomic mass is 9.70. The van der Waals surface area contributed by atoms with Crippen LogP contribution in [0.2, 0.25) is 0 Å². The van der Waals surface area contributed by atoms with E-state index in [0.717, 1.165) is 19.3 Å². The Hall–Kier alpha value is -0.630. The Labute approximate surface area is 84.0 Å². The van der Waals surface area contributed by atoms with Crippen LogP contribution in [0.15, 0.2) is 11.6 Å². The predicted octanol–water partition coefficient (Wildman–Crippen LogP) is 1.68. The van der Waals surface area contributed by atoms with Crippen LogP contribution in [0.5, 0.6) is 0 Å². The van der Waals surface area contributed by atoms with E-state index >= 15 is 0 Å². The fourth-order valence-corrected chi connectivity index (χ4v) is 3.87. The molecular formula is C12H16O2. The molecule has 1 unspecified atom stereocenters. The Balaban J connectivity index is 2.15. The minimum absolute atomic E-state index is 0.00141. The zero-order valence-corrected chi connectivity index (χ0v) is 8.49. The number of allylic oxidation sites excluding steroid dienone is 1. The molecule has 1 spiro atoms. The topological polar surface area (TPSA) is 37.3 Å². The van der Waals surface area contributed by atoms with Crippen molar-refractivity contribution in [2.24, 2.45) is 17.3 Å². The zero-order valence-electron chi connectivity index (χ0n) is 8.49. The van der Waals surface area contributed by atoms with E-state index in [-0.39, 0.29) is 23.2 Å². The van der Waals surface area contributed by atoms with Gasteiger partial charge in [-0.1, -0.05) is 12.5 Å². The summed E-state index contributed by atoms with van der Waals surface area (Å²) >= 11 is 0. The molecule has 0 heterocycles. The molecule has 0 aromatic carbocycles. The second-order valence-electron chi connectivity index (χ2n) is 5.20. The minimum Gasteiger partial charge on any atom is -0.392 e. The van der Waals surface area contributed by atoms with Crippen molar-refractivity contribution in [3.05, 3.63) is 11.6 Å². The summed E-state index contributed by atoms with van der Waals surface area (Å²) in [4.78, 5) is 11.7. The second kappa shape index (κ2) is 2.48. The second-order valence-corrected chi connectivity index (χ2v) is 5.20. The van der Waals surface area contributed by atoms with Gasteiger partial charge in [-0.2, -0.15) is 0 Å². The van der Waals surface area contributed by atoms with Crippen molar-refractivity contribution in [3.8, 4) is 0 Å². The van der Waals surface area contributed by atoms with Gasteiger partial charge in [0.1, 0.15) is 0 Å². The SMILES string of the molecule is C[C@H]1CCC2=CC(=O)[C@H]3CC(O)[C@]21C3. The van der Waals surface area contributed by atoms with Crippen molar-refractivity contribution < 1.29 is 9.90 Å². The van der Waals surface area contributed by atoms with Crippen molar-refractivity contribution in [1.82, 2.24) is 0 Å². The van der Waals surface area contributed by atoms with Crippen LogP contribution in [0.1, 0.15) is 32.6 Å². The van der Waals surface area contributed by atoms with Gasteiger partial charge in [-0.25, -0.2) is 0 Å². The maximum Gasteiger partial charge on any atom is 0.158 e. The van der Waals surface area contributed by atoms with Gasteiger partial charge in [-0.15, -0.1) is 0 Å². The molecule has 2 nitrogen and oxygen atoms in total. The molecular weight excluding hydrogens is 176 g/mol. The first-order valence-electron chi connectivity index (χ1n) is 5.57. The third kappa shape index (κ3) is 0.789. The van der Waals surface area contributed by atoms with Gasteiger partial charge in [0.05, 0.1) is 6.10 Å². The summed E-state index contributed by atoms with van der Waals surface area (Å²) in [6, 6.07) is 0. The van der Waals surface area contributed by atoms with Crippen LogP contribution in [0.4, 0.5) is 0 Å². The Morgan fingerprint density at radius 2 is 2.36 bits per heavy atom. The van der Waals surface area contributed by atoms with Crippen LogP contribution in [0, 0.1) is 17.3 Å². The minimum atomic E-state index is -0.261. The normalized spacial score (nSPS) is 50.6. The highest BCUT2D eigenvalue weighted by atomic mass is 16.3. The lowest BCUT2D eigenvalue weighted by Gasteiger charge is -2.35. The van der Waals surface area contributed by atoms with Gasteiger partial charge >= 0.3 is 0 Å². The van der Waals surface area contributed by atoms with Crippen molar-refractivity contribution in [3.63, 3.8) is 0 Å². The molecule has 3 aliphatic rings. The molecule has 3 rings (SSSR count). The molecule has 0 aromatic heterocycles. The molecule has 1 N–H and O–H groups in total. The smallest absolute Gasteiger partial charge is 0.158 e. The number of fused-ring (bicyclic) bond motifs is 1. The summed E-state index contributed by atoms with van der Waals surface area (Å²) in [5, 5.41) is 10.2. The van der Waals surface area contributed by atoms with E-state index in [1.807, 2.05) is 6.08 Å². The molecule has 14 heavy (non-hydrogen) atoms. The maximum absolute atomic E-state index is 11.7. The summed E-state index contributed by atoms with van der Waals surface area (Å²) in [5.41, 5.74) is 1.25. The number of hydrogen-bond acceptors (Lipinski definition) is 2. The Kier molecular flexibility index (Phi) is 1.54. The molecule has 2 saturated carbocycles. The first-order valence-corrected chi connectivity index (χ1v) is 5.57. The van der Waals surface area contributed by atoms with Crippen molar-refractivity contribution in [2.45, 2.75) is 38.7 Å². The summed E-state index contributed by atoms with van der Waals surface area (Å²) in [5.74, 6) is 0.942. The summed E-state index contributed by atoms with van der Waals surface area (Å²) in [6.45, 7) is 2.22. The monoisotopic (exact) mass is 192 g/mol. The first-order chi connectivity index (χ1) is 6.64. The van der Waals surface area contributed by atoms with E-state index in [1.165, 1.54) is 5.57 Å². The molecule has 0 saturated heterocycles. The molecule has 2 fully saturated rings. The fourth-order valence-electron chi connectivity index (χ4n) is 3.87. The largest absolute Gasteiger partial charge is 0.392 e. The van der Waals surface area contributed by atoms with E-state index in [9.17, 15) is 9.90 Å². The summed E-state index contributed by atoms with van der Waals surface area (Å²) < 4.78 is 0. The molecule has 0 amide bonds. The number of aliphatic hydroxyl groups excluding tert-OH is 1. The fraction of sp³-hybridized carbons (Fsp3) is 0.750. The van der Waals surface area contributed by atoms with Crippen LogP contribution in [-0.4, -0.2) is 17.0 Å². The van der Waals surface area contributed by atoms with Gasteiger partial charge in [0.15, 0.2) is 5.78 Å². The highest BCUT2D eigenvalue weighted by Crippen LogP contribution is 2.61. The van der Waals surface area contributed by atoms with Crippen molar-refractivity contribution in [1.29, 1.82) is 0 Å². The van der Waals surface area contributed by atoms with E-state index in [2.05, 4.69) is 6.92 Å². The summed E-state index contributed by atoms with van der Waals surface area (Å²) in [6.07, 6.45) is 5.36. The third-order valence-electron chi connectivity index (χ3n) is 4.73. The van der Waals surface area contributed by atoms with Crippen molar-refractivity contribution in [2.75, 3.05) is 0 Å². The molecule has 4 atom stereocenters. The lowest BCUT2D eigenvalue weighted by Crippen LogP contribution is -2.35. The number of hydrogen-bond donors (Lipinski definition) is 1. The molecule has 2 bridgehead atoms. The van der Waals surface area contributed by atoms with E-state index in [0.29, 0.717) is 12.3 Å². The standard InChI is InChI=1S/C12H16O2/c1-7-2-3-9-5-10(13)8-4-11(14)12(7,9)6-8/h5,7-8,11,14H,2-4,6H2,1H3/t7-,8-,11?,12-/m0/s1. The lowest BCUT2D eigenvalue weighted by molar-refractivity contribution is -0.118. The molecule has 0 radical (unpaired) electrons. The zero-order chi connectivity index (χ0) is 9.92. The maximum atomic E-state index is 11.7. The van der Waals surface area contributed by atoms with Gasteiger partial charge in [0, 0.05) is 11.3 Å².